The molecule has 1 amide bonds. The molecule has 0 atom stereocenters. The lowest BCUT2D eigenvalue weighted by Crippen LogP contribution is -2.44. The van der Waals surface area contributed by atoms with Crippen molar-refractivity contribution < 1.29 is 9.90 Å². The minimum absolute atomic E-state index is 0.0175. The second-order valence-electron chi connectivity index (χ2n) is 4.65. The molecule has 1 aromatic heterocycles. The van der Waals surface area contributed by atoms with Crippen LogP contribution in [0.3, 0.4) is 0 Å². The number of nitrogens with zero attached hydrogens (tertiary/aromatic N) is 1. The number of amides is 1. The third-order valence-electron chi connectivity index (χ3n) is 3.19. The summed E-state index contributed by atoms with van der Waals surface area (Å²) in [7, 11) is 1.82. The molecule has 1 N–H and O–H groups in total. The van der Waals surface area contributed by atoms with Crippen LogP contribution in [0.15, 0.2) is 12.1 Å². The van der Waals surface area contributed by atoms with E-state index in [9.17, 15) is 4.79 Å². The van der Waals surface area contributed by atoms with Gasteiger partial charge in [-0.15, -0.1) is 11.3 Å². The molecule has 0 radical (unpaired) electrons. The fraction of sp³-hybridized carbons (Fsp3) is 0.500. The van der Waals surface area contributed by atoms with Crippen LogP contribution in [0.2, 0.25) is 0 Å². The number of rotatable bonds is 3. The van der Waals surface area contributed by atoms with Gasteiger partial charge < -0.3 is 10.0 Å². The van der Waals surface area contributed by atoms with Gasteiger partial charge in [0, 0.05) is 12.6 Å². The SMILES string of the molecule is CCC(C)(C)N(C)C(=O)c1ccc(C#CCO)s1. The van der Waals surface area contributed by atoms with E-state index in [-0.39, 0.29) is 18.1 Å². The first kappa shape index (κ1) is 14.7. The molecule has 18 heavy (non-hydrogen) atoms. The van der Waals surface area contributed by atoms with Crippen molar-refractivity contribution in [1.82, 2.24) is 4.90 Å². The van der Waals surface area contributed by atoms with Crippen LogP contribution in [0.1, 0.15) is 41.7 Å². The summed E-state index contributed by atoms with van der Waals surface area (Å²) in [5.74, 6) is 5.41. The molecule has 0 aliphatic heterocycles. The van der Waals surface area contributed by atoms with E-state index in [1.807, 2.05) is 27.0 Å². The highest BCUT2D eigenvalue weighted by Gasteiger charge is 2.27. The molecule has 3 nitrogen and oxygen atoms in total. The van der Waals surface area contributed by atoms with Gasteiger partial charge >= 0.3 is 0 Å². The van der Waals surface area contributed by atoms with Gasteiger partial charge in [-0.1, -0.05) is 18.8 Å². The molecule has 1 aromatic rings. The van der Waals surface area contributed by atoms with Gasteiger partial charge in [0.2, 0.25) is 0 Å². The highest BCUT2D eigenvalue weighted by atomic mass is 32.1. The van der Waals surface area contributed by atoms with Crippen molar-refractivity contribution in [3.63, 3.8) is 0 Å². The van der Waals surface area contributed by atoms with E-state index in [0.717, 1.165) is 11.3 Å². The van der Waals surface area contributed by atoms with Gasteiger partial charge in [0.1, 0.15) is 6.61 Å². The van der Waals surface area contributed by atoms with Gasteiger partial charge in [-0.2, -0.15) is 0 Å². The van der Waals surface area contributed by atoms with E-state index < -0.39 is 0 Å². The lowest BCUT2D eigenvalue weighted by molar-refractivity contribution is 0.0625. The summed E-state index contributed by atoms with van der Waals surface area (Å²) in [6.07, 6.45) is 0.901. The minimum Gasteiger partial charge on any atom is -0.384 e. The van der Waals surface area contributed by atoms with E-state index in [0.29, 0.717) is 4.88 Å². The van der Waals surface area contributed by atoms with Crippen molar-refractivity contribution in [2.75, 3.05) is 13.7 Å². The van der Waals surface area contributed by atoms with Crippen LogP contribution in [0, 0.1) is 11.8 Å². The molecule has 0 fully saturated rings. The van der Waals surface area contributed by atoms with Crippen LogP contribution in [-0.4, -0.2) is 35.1 Å². The summed E-state index contributed by atoms with van der Waals surface area (Å²) in [5.41, 5.74) is -0.155. The number of carbonyl (C=O) groups excluding carboxylic acids is 1. The normalized spacial score (nSPS) is 10.7. The second-order valence-corrected chi connectivity index (χ2v) is 5.74. The zero-order valence-corrected chi connectivity index (χ0v) is 12.1. The van der Waals surface area contributed by atoms with Gasteiger partial charge in [-0.25, -0.2) is 0 Å². The Balaban J connectivity index is 2.88. The van der Waals surface area contributed by atoms with Gasteiger partial charge in [-0.05, 0) is 32.4 Å². The molecule has 4 heteroatoms. The summed E-state index contributed by atoms with van der Waals surface area (Å²) in [5, 5.41) is 8.63. The van der Waals surface area contributed by atoms with Gasteiger partial charge in [0.15, 0.2) is 0 Å². The molecule has 0 aliphatic rings. The highest BCUT2D eigenvalue weighted by molar-refractivity contribution is 7.14. The Bertz CT molecular complexity index is 479. The lowest BCUT2D eigenvalue weighted by Gasteiger charge is -2.34. The maximum Gasteiger partial charge on any atom is 0.264 e. The maximum atomic E-state index is 12.3. The first-order valence-corrected chi connectivity index (χ1v) is 6.71. The van der Waals surface area contributed by atoms with Crippen LogP contribution in [0.25, 0.3) is 0 Å². The van der Waals surface area contributed by atoms with E-state index in [1.54, 1.807) is 11.0 Å². The van der Waals surface area contributed by atoms with Crippen LogP contribution < -0.4 is 0 Å². The lowest BCUT2D eigenvalue weighted by atomic mass is 10.00. The predicted molar refractivity (Wildman–Crippen MR) is 74.7 cm³/mol. The largest absolute Gasteiger partial charge is 0.384 e. The summed E-state index contributed by atoms with van der Waals surface area (Å²) in [6.45, 7) is 6.00. The number of aliphatic hydroxyl groups excluding tert-OH is 1. The summed E-state index contributed by atoms with van der Waals surface area (Å²) in [4.78, 5) is 15.5. The molecule has 0 spiro atoms. The monoisotopic (exact) mass is 265 g/mol. The first-order valence-electron chi connectivity index (χ1n) is 5.90. The Kier molecular flexibility index (Phi) is 4.94. The number of hydrogen-bond donors (Lipinski definition) is 1. The van der Waals surface area contributed by atoms with Crippen molar-refractivity contribution in [2.24, 2.45) is 0 Å². The molecule has 98 valence electrons. The van der Waals surface area contributed by atoms with Crippen molar-refractivity contribution in [3.05, 3.63) is 21.9 Å². The Morgan fingerprint density at radius 3 is 2.72 bits per heavy atom. The molecule has 1 heterocycles. The van der Waals surface area contributed by atoms with Crippen LogP contribution in [-0.2, 0) is 0 Å². The molecule has 0 unspecified atom stereocenters. The zero-order valence-electron chi connectivity index (χ0n) is 11.3. The molecule has 0 saturated heterocycles. The van der Waals surface area contributed by atoms with Crippen LogP contribution >= 0.6 is 11.3 Å². The smallest absolute Gasteiger partial charge is 0.264 e. The van der Waals surface area contributed by atoms with Gasteiger partial charge in [-0.3, -0.25) is 4.79 Å². The summed E-state index contributed by atoms with van der Waals surface area (Å²) >= 11 is 1.36. The second kappa shape index (κ2) is 6.03. The Labute approximate surface area is 112 Å². The predicted octanol–water partition coefficient (Wildman–Crippen LogP) is 2.35. The third-order valence-corrected chi connectivity index (χ3v) is 4.17. The van der Waals surface area contributed by atoms with Crippen molar-refractivity contribution in [2.45, 2.75) is 32.7 Å². The van der Waals surface area contributed by atoms with Crippen molar-refractivity contribution in [1.29, 1.82) is 0 Å². The van der Waals surface area contributed by atoms with Crippen molar-refractivity contribution >= 4 is 17.2 Å². The first-order chi connectivity index (χ1) is 8.42. The molecule has 1 rings (SSSR count). The molecule has 0 aliphatic carbocycles. The number of hydrogen-bond acceptors (Lipinski definition) is 3. The maximum absolute atomic E-state index is 12.3. The summed E-state index contributed by atoms with van der Waals surface area (Å²) < 4.78 is 0. The third kappa shape index (κ3) is 3.34. The Morgan fingerprint density at radius 2 is 2.17 bits per heavy atom. The Hall–Kier alpha value is -1.31. The molecule has 0 bridgehead atoms. The quantitative estimate of drug-likeness (QED) is 0.852. The molecular weight excluding hydrogens is 246 g/mol. The number of aliphatic hydroxyl groups is 1. The molecular formula is C14H19NO2S. The average molecular weight is 265 g/mol. The van der Waals surface area contributed by atoms with Crippen LogP contribution in [0.5, 0.6) is 0 Å². The topological polar surface area (TPSA) is 40.5 Å². The fourth-order valence-electron chi connectivity index (χ4n) is 1.32. The van der Waals surface area contributed by atoms with Crippen molar-refractivity contribution in [3.8, 4) is 11.8 Å². The average Bonchev–Trinajstić information content (AvgIpc) is 2.83. The van der Waals surface area contributed by atoms with Gasteiger partial charge in [0.25, 0.3) is 5.91 Å². The summed E-state index contributed by atoms with van der Waals surface area (Å²) in [6, 6.07) is 3.60. The van der Waals surface area contributed by atoms with Gasteiger partial charge in [0.05, 0.1) is 9.75 Å². The molecule has 0 aromatic carbocycles. The molecule has 0 saturated carbocycles. The van der Waals surface area contributed by atoms with E-state index >= 15 is 0 Å². The minimum atomic E-state index is -0.163. The van der Waals surface area contributed by atoms with E-state index in [2.05, 4.69) is 18.8 Å². The number of carbonyl (C=O) groups is 1. The Morgan fingerprint density at radius 1 is 1.50 bits per heavy atom. The van der Waals surface area contributed by atoms with E-state index in [4.69, 9.17) is 5.11 Å². The highest BCUT2D eigenvalue weighted by Crippen LogP contribution is 2.23. The van der Waals surface area contributed by atoms with Crippen LogP contribution in [0.4, 0.5) is 0 Å². The zero-order chi connectivity index (χ0) is 13.8. The number of thiophene rings is 1. The van der Waals surface area contributed by atoms with E-state index in [1.165, 1.54) is 11.3 Å². The fourth-order valence-corrected chi connectivity index (χ4v) is 2.18. The standard InChI is InChI=1S/C14H19NO2S/c1-5-14(2,3)15(4)13(17)12-9-8-11(18-12)7-6-10-16/h8-9,16H,5,10H2,1-4H3.